The second-order valence-electron chi connectivity index (χ2n) is 3.58. The summed E-state index contributed by atoms with van der Waals surface area (Å²) in [6, 6.07) is 4.91. The van der Waals surface area contributed by atoms with Crippen molar-refractivity contribution >= 4 is 34.0 Å². The van der Waals surface area contributed by atoms with Crippen molar-refractivity contribution in [3.63, 3.8) is 0 Å². The van der Waals surface area contributed by atoms with E-state index in [-0.39, 0.29) is 12.6 Å². The Morgan fingerprint density at radius 3 is 2.76 bits per heavy atom. The van der Waals surface area contributed by atoms with Gasteiger partial charge in [-0.1, -0.05) is 23.2 Å². The minimum Gasteiger partial charge on any atom is -0.396 e. The number of aliphatic hydroxyl groups excluding tert-OH is 1. The third-order valence-electron chi connectivity index (χ3n) is 2.38. The van der Waals surface area contributed by atoms with Crippen LogP contribution in [0.3, 0.4) is 0 Å². The maximum Gasteiger partial charge on any atom is 0.0589 e. The number of aliphatic hydroxyl groups is 1. The summed E-state index contributed by atoms with van der Waals surface area (Å²) in [5.74, 6) is 0.400. The van der Waals surface area contributed by atoms with E-state index in [1.165, 1.54) is 0 Å². The SMILES string of the molecule is CNC(CCO)CS(=O)c1cc(Cl)ccc1Cl. The Labute approximate surface area is 114 Å². The van der Waals surface area contributed by atoms with Crippen molar-refractivity contribution in [3.05, 3.63) is 28.2 Å². The van der Waals surface area contributed by atoms with Crippen molar-refractivity contribution in [2.45, 2.75) is 17.4 Å². The molecule has 17 heavy (non-hydrogen) atoms. The normalized spacial score (nSPS) is 14.6. The van der Waals surface area contributed by atoms with Crippen LogP contribution in [0, 0.1) is 0 Å². The van der Waals surface area contributed by atoms with E-state index in [1.54, 1.807) is 25.2 Å². The van der Waals surface area contributed by atoms with Gasteiger partial charge in [-0.25, -0.2) is 0 Å². The van der Waals surface area contributed by atoms with Crippen LogP contribution in [-0.2, 0) is 10.8 Å². The maximum atomic E-state index is 12.1. The molecule has 96 valence electrons. The van der Waals surface area contributed by atoms with E-state index < -0.39 is 10.8 Å². The van der Waals surface area contributed by atoms with Crippen molar-refractivity contribution in [3.8, 4) is 0 Å². The molecule has 2 N–H and O–H groups in total. The lowest BCUT2D eigenvalue weighted by molar-refractivity contribution is 0.273. The topological polar surface area (TPSA) is 49.3 Å². The number of halogens is 2. The smallest absolute Gasteiger partial charge is 0.0589 e. The Bertz CT molecular complexity index is 401. The van der Waals surface area contributed by atoms with Crippen LogP contribution in [0.15, 0.2) is 23.1 Å². The van der Waals surface area contributed by atoms with E-state index in [0.717, 1.165) is 0 Å². The molecule has 6 heteroatoms. The summed E-state index contributed by atoms with van der Waals surface area (Å²) in [5, 5.41) is 12.8. The van der Waals surface area contributed by atoms with E-state index >= 15 is 0 Å². The van der Waals surface area contributed by atoms with Gasteiger partial charge in [0.2, 0.25) is 0 Å². The number of benzene rings is 1. The minimum atomic E-state index is -1.23. The maximum absolute atomic E-state index is 12.1. The Kier molecular flexibility index (Phi) is 6.44. The molecule has 0 bridgehead atoms. The number of nitrogens with one attached hydrogen (secondary N) is 1. The highest BCUT2D eigenvalue weighted by Crippen LogP contribution is 2.24. The van der Waals surface area contributed by atoms with Gasteiger partial charge in [-0.3, -0.25) is 4.21 Å². The highest BCUT2D eigenvalue weighted by Gasteiger charge is 2.14. The summed E-state index contributed by atoms with van der Waals surface area (Å²) in [6.45, 7) is 0.0615. The average molecular weight is 296 g/mol. The Morgan fingerprint density at radius 2 is 2.18 bits per heavy atom. The summed E-state index contributed by atoms with van der Waals surface area (Å²) < 4.78 is 12.1. The fourth-order valence-corrected chi connectivity index (χ4v) is 3.43. The average Bonchev–Trinajstić information content (AvgIpc) is 2.31. The van der Waals surface area contributed by atoms with Gasteiger partial charge < -0.3 is 10.4 Å². The molecule has 1 rings (SSSR count). The molecule has 0 spiro atoms. The van der Waals surface area contributed by atoms with Crippen LogP contribution in [-0.4, -0.2) is 34.8 Å². The van der Waals surface area contributed by atoms with Gasteiger partial charge >= 0.3 is 0 Å². The lowest BCUT2D eigenvalue weighted by Crippen LogP contribution is -2.32. The molecule has 3 nitrogen and oxygen atoms in total. The molecule has 2 unspecified atom stereocenters. The van der Waals surface area contributed by atoms with Gasteiger partial charge in [0.25, 0.3) is 0 Å². The van der Waals surface area contributed by atoms with Gasteiger partial charge in [0, 0.05) is 23.4 Å². The lowest BCUT2D eigenvalue weighted by Gasteiger charge is -2.14. The van der Waals surface area contributed by atoms with E-state index in [4.69, 9.17) is 28.3 Å². The summed E-state index contributed by atoms with van der Waals surface area (Å²) in [6.07, 6.45) is 0.556. The van der Waals surface area contributed by atoms with Crippen molar-refractivity contribution < 1.29 is 9.32 Å². The van der Waals surface area contributed by atoms with Crippen LogP contribution >= 0.6 is 23.2 Å². The predicted octanol–water partition coefficient (Wildman–Crippen LogP) is 2.07. The van der Waals surface area contributed by atoms with E-state index in [1.807, 2.05) is 0 Å². The first-order valence-electron chi connectivity index (χ1n) is 5.20. The highest BCUT2D eigenvalue weighted by molar-refractivity contribution is 7.85. The monoisotopic (exact) mass is 295 g/mol. The Morgan fingerprint density at radius 1 is 1.47 bits per heavy atom. The molecule has 0 fully saturated rings. The third kappa shape index (κ3) is 4.56. The molecule has 0 amide bonds. The summed E-state index contributed by atoms with van der Waals surface area (Å²) in [7, 11) is 0.548. The van der Waals surface area contributed by atoms with Crippen LogP contribution in [0.5, 0.6) is 0 Å². The molecule has 1 aromatic carbocycles. The van der Waals surface area contributed by atoms with Gasteiger partial charge in [0.15, 0.2) is 0 Å². The first-order chi connectivity index (χ1) is 8.08. The molecule has 0 radical (unpaired) electrons. The van der Waals surface area contributed by atoms with E-state index in [0.29, 0.717) is 27.1 Å². The quantitative estimate of drug-likeness (QED) is 0.845. The number of hydrogen-bond acceptors (Lipinski definition) is 3. The van der Waals surface area contributed by atoms with Crippen molar-refractivity contribution in [1.82, 2.24) is 5.32 Å². The van der Waals surface area contributed by atoms with Crippen LogP contribution < -0.4 is 5.32 Å². The molecule has 0 aliphatic carbocycles. The molecule has 2 atom stereocenters. The number of hydrogen-bond donors (Lipinski definition) is 2. The zero-order chi connectivity index (χ0) is 12.8. The fraction of sp³-hybridized carbons (Fsp3) is 0.455. The molecule has 0 heterocycles. The van der Waals surface area contributed by atoms with Crippen molar-refractivity contribution in [1.29, 1.82) is 0 Å². The van der Waals surface area contributed by atoms with Crippen LogP contribution in [0.1, 0.15) is 6.42 Å². The predicted molar refractivity (Wildman–Crippen MR) is 72.3 cm³/mol. The lowest BCUT2D eigenvalue weighted by atomic mass is 10.2. The van der Waals surface area contributed by atoms with Gasteiger partial charge in [-0.2, -0.15) is 0 Å². The highest BCUT2D eigenvalue weighted by atomic mass is 35.5. The van der Waals surface area contributed by atoms with Gasteiger partial charge in [-0.05, 0) is 31.7 Å². The molecular formula is C11H15Cl2NO2S. The first kappa shape index (κ1) is 14.9. The molecule has 0 saturated heterocycles. The van der Waals surface area contributed by atoms with Gasteiger partial charge in [0.05, 0.1) is 20.7 Å². The molecule has 1 aromatic rings. The van der Waals surface area contributed by atoms with Crippen LogP contribution in [0.25, 0.3) is 0 Å². The van der Waals surface area contributed by atoms with Crippen molar-refractivity contribution in [2.75, 3.05) is 19.4 Å². The molecule has 0 aliphatic rings. The first-order valence-corrected chi connectivity index (χ1v) is 7.27. The van der Waals surface area contributed by atoms with E-state index in [9.17, 15) is 4.21 Å². The zero-order valence-electron chi connectivity index (χ0n) is 9.45. The third-order valence-corrected chi connectivity index (χ3v) is 4.59. The van der Waals surface area contributed by atoms with Gasteiger partial charge in [-0.15, -0.1) is 0 Å². The Hall–Kier alpha value is -0.130. The molecule has 0 aromatic heterocycles. The number of rotatable bonds is 6. The largest absolute Gasteiger partial charge is 0.396 e. The minimum absolute atomic E-state index is 0.00381. The fourth-order valence-electron chi connectivity index (χ4n) is 1.39. The molecule has 0 saturated carbocycles. The van der Waals surface area contributed by atoms with E-state index in [2.05, 4.69) is 5.32 Å². The zero-order valence-corrected chi connectivity index (χ0v) is 11.8. The van der Waals surface area contributed by atoms with Gasteiger partial charge in [0.1, 0.15) is 0 Å². The second kappa shape index (κ2) is 7.34. The summed E-state index contributed by atoms with van der Waals surface area (Å²) in [5.41, 5.74) is 0. The summed E-state index contributed by atoms with van der Waals surface area (Å²) >= 11 is 11.8. The van der Waals surface area contributed by atoms with Crippen LogP contribution in [0.4, 0.5) is 0 Å². The standard InChI is InChI=1S/C11H15Cl2NO2S/c1-14-9(4-5-15)7-17(16)11-6-8(12)2-3-10(11)13/h2-3,6,9,14-15H,4-5,7H2,1H3. The molecule has 0 aliphatic heterocycles. The van der Waals surface area contributed by atoms with Crippen LogP contribution in [0.2, 0.25) is 10.0 Å². The Balaban J connectivity index is 2.78. The second-order valence-corrected chi connectivity index (χ2v) is 5.89. The summed E-state index contributed by atoms with van der Waals surface area (Å²) in [4.78, 5) is 0.539. The van der Waals surface area contributed by atoms with Crippen molar-refractivity contribution in [2.24, 2.45) is 0 Å². The molecular weight excluding hydrogens is 281 g/mol.